The molecule has 0 unspecified atom stereocenters. The molecule has 0 saturated carbocycles. The molecule has 0 aromatic heterocycles. The zero-order valence-corrected chi connectivity index (χ0v) is 20.1. The molecule has 1 saturated heterocycles. The van der Waals surface area contributed by atoms with Gasteiger partial charge in [-0.15, -0.1) is 0 Å². The SMILES string of the molecule is CCN(CC)S(=O)(=O)c1ccc(Cl)c(C(=O)N2CCN(CC=Cc3ccccc3)CC2)c1. The molecule has 1 heterocycles. The number of nitrogens with zero attached hydrogens (tertiary/aromatic N) is 3. The molecule has 0 N–H and O–H groups in total. The van der Waals surface area contributed by atoms with Crippen molar-refractivity contribution in [3.8, 4) is 0 Å². The summed E-state index contributed by atoms with van der Waals surface area (Å²) in [5.74, 6) is -0.230. The highest BCUT2D eigenvalue weighted by atomic mass is 35.5. The summed E-state index contributed by atoms with van der Waals surface area (Å²) in [5, 5.41) is 0.265. The van der Waals surface area contributed by atoms with Gasteiger partial charge >= 0.3 is 0 Å². The molecule has 0 bridgehead atoms. The molecule has 0 radical (unpaired) electrons. The second-order valence-electron chi connectivity index (χ2n) is 7.64. The zero-order valence-electron chi connectivity index (χ0n) is 18.6. The quantitative estimate of drug-likeness (QED) is 0.582. The number of amides is 1. The lowest BCUT2D eigenvalue weighted by Gasteiger charge is -2.34. The summed E-state index contributed by atoms with van der Waals surface area (Å²) >= 11 is 6.29. The first-order chi connectivity index (χ1) is 15.4. The van der Waals surface area contributed by atoms with E-state index in [9.17, 15) is 13.2 Å². The van der Waals surface area contributed by atoms with Crippen LogP contribution in [-0.4, -0.2) is 74.2 Å². The summed E-state index contributed by atoms with van der Waals surface area (Å²) in [6, 6.07) is 14.5. The number of carbonyl (C=O) groups excluding carboxylic acids is 1. The number of halogens is 1. The number of benzene rings is 2. The topological polar surface area (TPSA) is 60.9 Å². The van der Waals surface area contributed by atoms with Gasteiger partial charge in [-0.1, -0.05) is 67.9 Å². The maximum absolute atomic E-state index is 13.1. The van der Waals surface area contributed by atoms with Gasteiger partial charge in [0.2, 0.25) is 10.0 Å². The third-order valence-electron chi connectivity index (χ3n) is 5.64. The van der Waals surface area contributed by atoms with Gasteiger partial charge in [-0.25, -0.2) is 8.42 Å². The van der Waals surface area contributed by atoms with E-state index in [-0.39, 0.29) is 21.4 Å². The number of hydrogen-bond acceptors (Lipinski definition) is 4. The van der Waals surface area contributed by atoms with Crippen LogP contribution in [0.5, 0.6) is 0 Å². The number of sulfonamides is 1. The minimum absolute atomic E-state index is 0.0960. The number of rotatable bonds is 8. The molecule has 1 aliphatic heterocycles. The van der Waals surface area contributed by atoms with E-state index in [4.69, 9.17) is 11.6 Å². The molecule has 1 aliphatic rings. The maximum Gasteiger partial charge on any atom is 0.255 e. The summed E-state index contributed by atoms with van der Waals surface area (Å²) in [6.07, 6.45) is 4.23. The Hall–Kier alpha value is -2.19. The van der Waals surface area contributed by atoms with Crippen LogP contribution >= 0.6 is 11.6 Å². The van der Waals surface area contributed by atoms with E-state index in [1.807, 2.05) is 18.2 Å². The smallest absolute Gasteiger partial charge is 0.255 e. The van der Waals surface area contributed by atoms with Gasteiger partial charge in [0.1, 0.15) is 0 Å². The van der Waals surface area contributed by atoms with Gasteiger partial charge in [-0.2, -0.15) is 4.31 Å². The van der Waals surface area contributed by atoms with Crippen LogP contribution in [0.4, 0.5) is 0 Å². The van der Waals surface area contributed by atoms with Crippen LogP contribution in [0.1, 0.15) is 29.8 Å². The highest BCUT2D eigenvalue weighted by Crippen LogP contribution is 2.24. The Bertz CT molecular complexity index is 1050. The molecule has 32 heavy (non-hydrogen) atoms. The van der Waals surface area contributed by atoms with E-state index in [1.165, 1.54) is 22.5 Å². The normalized spacial score (nSPS) is 15.6. The first-order valence-corrected chi connectivity index (χ1v) is 12.7. The molecule has 1 fully saturated rings. The third kappa shape index (κ3) is 5.78. The van der Waals surface area contributed by atoms with E-state index in [2.05, 4.69) is 29.2 Å². The summed E-state index contributed by atoms with van der Waals surface area (Å²) in [4.78, 5) is 17.2. The van der Waals surface area contributed by atoms with Crippen molar-refractivity contribution in [3.63, 3.8) is 0 Å². The van der Waals surface area contributed by atoms with Crippen LogP contribution in [0.2, 0.25) is 5.02 Å². The average molecular weight is 476 g/mol. The van der Waals surface area contributed by atoms with Gasteiger partial charge in [0.15, 0.2) is 0 Å². The first-order valence-electron chi connectivity index (χ1n) is 10.9. The second-order valence-corrected chi connectivity index (χ2v) is 9.98. The van der Waals surface area contributed by atoms with Crippen molar-refractivity contribution in [2.24, 2.45) is 0 Å². The highest BCUT2D eigenvalue weighted by molar-refractivity contribution is 7.89. The van der Waals surface area contributed by atoms with Crippen molar-refractivity contribution in [1.29, 1.82) is 0 Å². The highest BCUT2D eigenvalue weighted by Gasteiger charge is 2.27. The Morgan fingerprint density at radius 1 is 1.03 bits per heavy atom. The summed E-state index contributed by atoms with van der Waals surface area (Å²) in [7, 11) is -3.66. The second kappa shape index (κ2) is 11.1. The molecule has 172 valence electrons. The van der Waals surface area contributed by atoms with Gasteiger partial charge in [0.05, 0.1) is 15.5 Å². The van der Waals surface area contributed by atoms with Crippen molar-refractivity contribution in [2.75, 3.05) is 45.8 Å². The fraction of sp³-hybridized carbons (Fsp3) is 0.375. The molecule has 0 atom stereocenters. The van der Waals surface area contributed by atoms with Crippen LogP contribution in [-0.2, 0) is 10.0 Å². The lowest BCUT2D eigenvalue weighted by molar-refractivity contribution is 0.0650. The summed E-state index contributed by atoms with van der Waals surface area (Å²) < 4.78 is 27.1. The number of piperazine rings is 1. The van der Waals surface area contributed by atoms with Crippen LogP contribution in [0, 0.1) is 0 Å². The first kappa shape index (κ1) is 24.5. The minimum Gasteiger partial charge on any atom is -0.336 e. The Kier molecular flexibility index (Phi) is 8.48. The number of hydrogen-bond donors (Lipinski definition) is 0. The predicted octanol–water partition coefficient (Wildman–Crippen LogP) is 3.84. The number of carbonyl (C=O) groups is 1. The molecule has 8 heteroatoms. The van der Waals surface area contributed by atoms with E-state index >= 15 is 0 Å². The van der Waals surface area contributed by atoms with Gasteiger partial charge < -0.3 is 4.90 Å². The molecule has 0 aliphatic carbocycles. The van der Waals surface area contributed by atoms with E-state index in [0.29, 0.717) is 26.2 Å². The van der Waals surface area contributed by atoms with E-state index in [1.54, 1.807) is 18.7 Å². The van der Waals surface area contributed by atoms with Crippen molar-refractivity contribution < 1.29 is 13.2 Å². The van der Waals surface area contributed by atoms with Gasteiger partial charge in [-0.05, 0) is 23.8 Å². The molecule has 2 aromatic rings. The largest absolute Gasteiger partial charge is 0.336 e. The van der Waals surface area contributed by atoms with Gasteiger partial charge in [0, 0.05) is 45.8 Å². The van der Waals surface area contributed by atoms with Crippen molar-refractivity contribution in [1.82, 2.24) is 14.1 Å². The molecule has 6 nitrogen and oxygen atoms in total. The maximum atomic E-state index is 13.1. The summed E-state index contributed by atoms with van der Waals surface area (Å²) in [5.41, 5.74) is 1.40. The predicted molar refractivity (Wildman–Crippen MR) is 129 cm³/mol. The van der Waals surface area contributed by atoms with Crippen LogP contribution < -0.4 is 0 Å². The van der Waals surface area contributed by atoms with Gasteiger partial charge in [-0.3, -0.25) is 9.69 Å². The van der Waals surface area contributed by atoms with Crippen molar-refractivity contribution >= 4 is 33.6 Å². The van der Waals surface area contributed by atoms with Crippen LogP contribution in [0.25, 0.3) is 6.08 Å². The van der Waals surface area contributed by atoms with Crippen LogP contribution in [0.15, 0.2) is 59.5 Å². The summed E-state index contributed by atoms with van der Waals surface area (Å²) in [6.45, 7) is 7.77. The van der Waals surface area contributed by atoms with E-state index in [0.717, 1.165) is 25.2 Å². The monoisotopic (exact) mass is 475 g/mol. The fourth-order valence-electron chi connectivity index (χ4n) is 3.75. The van der Waals surface area contributed by atoms with Crippen molar-refractivity contribution in [3.05, 3.63) is 70.8 Å². The molecular weight excluding hydrogens is 446 g/mol. The molecular formula is C24H30ClN3O3S. The van der Waals surface area contributed by atoms with Gasteiger partial charge in [0.25, 0.3) is 5.91 Å². The fourth-order valence-corrected chi connectivity index (χ4v) is 5.43. The lowest BCUT2D eigenvalue weighted by atomic mass is 10.1. The molecule has 0 spiro atoms. The zero-order chi connectivity index (χ0) is 23.1. The average Bonchev–Trinajstić information content (AvgIpc) is 2.80. The third-order valence-corrected chi connectivity index (χ3v) is 8.02. The Balaban J connectivity index is 1.64. The lowest BCUT2D eigenvalue weighted by Crippen LogP contribution is -2.48. The molecule has 3 rings (SSSR count). The molecule has 1 amide bonds. The minimum atomic E-state index is -3.66. The van der Waals surface area contributed by atoms with Crippen molar-refractivity contribution in [2.45, 2.75) is 18.7 Å². The van der Waals surface area contributed by atoms with Crippen LogP contribution in [0.3, 0.4) is 0 Å². The Morgan fingerprint density at radius 3 is 2.31 bits per heavy atom. The Morgan fingerprint density at radius 2 is 1.69 bits per heavy atom. The Labute approximate surface area is 196 Å². The van der Waals surface area contributed by atoms with E-state index < -0.39 is 10.0 Å². The standard InChI is InChI=1S/C24H30ClN3O3S/c1-3-28(4-2)32(30,31)21-12-13-23(25)22(19-21)24(29)27-17-15-26(16-18-27)14-8-11-20-9-6-5-7-10-20/h5-13,19H,3-4,14-18H2,1-2H3. The molecule has 2 aromatic carbocycles.